The van der Waals surface area contributed by atoms with Crippen molar-refractivity contribution in [3.8, 4) is 12.1 Å². The molecule has 0 spiro atoms. The van der Waals surface area contributed by atoms with Crippen molar-refractivity contribution in [2.24, 2.45) is 0 Å². The molecule has 0 bridgehead atoms. The molecular formula is C20H16BrF3N6O3. The number of carbonyl (C=O) groups excluding carboxylic acids is 1. The quantitative estimate of drug-likeness (QED) is 0.543. The van der Waals surface area contributed by atoms with E-state index >= 15 is 0 Å². The van der Waals surface area contributed by atoms with Crippen LogP contribution in [0.25, 0.3) is 0 Å². The lowest BCUT2D eigenvalue weighted by Gasteiger charge is -2.35. The van der Waals surface area contributed by atoms with Crippen LogP contribution in [0.15, 0.2) is 45.3 Å². The highest BCUT2D eigenvalue weighted by atomic mass is 79.9. The van der Waals surface area contributed by atoms with Gasteiger partial charge in [0.2, 0.25) is 0 Å². The molecule has 2 atom stereocenters. The van der Waals surface area contributed by atoms with Crippen molar-refractivity contribution in [1.29, 1.82) is 10.5 Å². The number of dihydropyridines is 1. The molecule has 172 valence electrons. The van der Waals surface area contributed by atoms with Crippen molar-refractivity contribution in [3.63, 3.8) is 0 Å². The maximum Gasteiger partial charge on any atom is 0.493 e. The van der Waals surface area contributed by atoms with Crippen molar-refractivity contribution in [2.45, 2.75) is 18.2 Å². The number of hydrogen-bond donors (Lipinski definition) is 3. The van der Waals surface area contributed by atoms with E-state index in [4.69, 9.17) is 4.74 Å². The van der Waals surface area contributed by atoms with Gasteiger partial charge in [-0.1, -0.05) is 12.1 Å². The summed E-state index contributed by atoms with van der Waals surface area (Å²) in [6, 6.07) is 9.22. The Kier molecular flexibility index (Phi) is 6.32. The first kappa shape index (κ1) is 23.1. The third kappa shape index (κ3) is 4.28. The molecular weight excluding hydrogens is 509 g/mol. The summed E-state index contributed by atoms with van der Waals surface area (Å²) in [5.74, 6) is -3.09. The Morgan fingerprint density at radius 2 is 2.09 bits per heavy atom. The third-order valence-corrected chi connectivity index (χ3v) is 6.22. The number of nitrogens with zero attached hydrogens (tertiary/aromatic N) is 3. The first-order chi connectivity index (χ1) is 15.8. The highest BCUT2D eigenvalue weighted by Gasteiger charge is 2.46. The van der Waals surface area contributed by atoms with Gasteiger partial charge in [0, 0.05) is 35.6 Å². The van der Waals surface area contributed by atoms with Crippen LogP contribution >= 0.6 is 15.9 Å². The van der Waals surface area contributed by atoms with E-state index in [1.807, 2.05) is 0 Å². The van der Waals surface area contributed by atoms with Gasteiger partial charge in [0.25, 0.3) is 0 Å². The standard InChI is InChI=1S/C20H16BrF3N6O3/c21-16-10(6-25)2-1-3-11(16)15-12(7-26)17(14-9-27-4-5-32-14)29-18-13(15)8-28-30(18)33-19(31)20(22,23)24/h1-3,14-15,27-29H,4-5,8-9H2. The fourth-order valence-corrected chi connectivity index (χ4v) is 4.47. The molecule has 4 rings (SSSR count). The molecule has 0 amide bonds. The van der Waals surface area contributed by atoms with Gasteiger partial charge in [-0.25, -0.2) is 4.79 Å². The maximum absolute atomic E-state index is 12.8. The minimum atomic E-state index is -5.20. The van der Waals surface area contributed by atoms with E-state index in [9.17, 15) is 28.5 Å². The van der Waals surface area contributed by atoms with Gasteiger partial charge in [-0.15, -0.1) is 5.17 Å². The van der Waals surface area contributed by atoms with Gasteiger partial charge in [0.1, 0.15) is 12.2 Å². The number of allylic oxidation sites excluding steroid dienone is 1. The zero-order valence-corrected chi connectivity index (χ0v) is 18.4. The number of carbonyl (C=O) groups is 1. The van der Waals surface area contributed by atoms with Gasteiger partial charge in [-0.05, 0) is 27.6 Å². The summed E-state index contributed by atoms with van der Waals surface area (Å²) in [5, 5.41) is 26.2. The van der Waals surface area contributed by atoms with E-state index in [-0.39, 0.29) is 17.9 Å². The maximum atomic E-state index is 12.8. The summed E-state index contributed by atoms with van der Waals surface area (Å²) in [5.41, 5.74) is 4.57. The Morgan fingerprint density at radius 1 is 1.30 bits per heavy atom. The second kappa shape index (κ2) is 9.03. The monoisotopic (exact) mass is 524 g/mol. The van der Waals surface area contributed by atoms with Gasteiger partial charge in [0.15, 0.2) is 5.82 Å². The van der Waals surface area contributed by atoms with Crippen LogP contribution in [0.1, 0.15) is 17.0 Å². The smallest absolute Gasteiger partial charge is 0.369 e. The lowest BCUT2D eigenvalue weighted by Crippen LogP contribution is -2.47. The normalized spacial score (nSPS) is 22.9. The molecule has 3 aliphatic heterocycles. The number of hydrazine groups is 1. The number of halogens is 4. The Morgan fingerprint density at radius 3 is 2.73 bits per heavy atom. The molecule has 9 nitrogen and oxygen atoms in total. The van der Waals surface area contributed by atoms with Crippen LogP contribution in [0.5, 0.6) is 0 Å². The largest absolute Gasteiger partial charge is 0.493 e. The molecule has 0 aromatic heterocycles. The summed E-state index contributed by atoms with van der Waals surface area (Å²) in [6.45, 7) is 1.32. The molecule has 1 aromatic carbocycles. The van der Waals surface area contributed by atoms with E-state index in [1.54, 1.807) is 18.2 Å². The average Bonchev–Trinajstić information content (AvgIpc) is 3.20. The van der Waals surface area contributed by atoms with Crippen LogP contribution in [0, 0.1) is 22.7 Å². The van der Waals surface area contributed by atoms with E-state index < -0.39 is 24.2 Å². The van der Waals surface area contributed by atoms with E-state index in [1.165, 1.54) is 0 Å². The summed E-state index contributed by atoms with van der Waals surface area (Å²) in [6.07, 6.45) is -5.79. The SMILES string of the molecule is N#CC1=C(C2CNCCO2)NC2=C(CNN2OC(=O)C(F)(F)F)C1c1cccc(C#N)c1Br. The molecule has 1 aromatic rings. The first-order valence-corrected chi connectivity index (χ1v) is 10.5. The number of hydroxylamine groups is 1. The van der Waals surface area contributed by atoms with Crippen molar-refractivity contribution < 1.29 is 27.5 Å². The fraction of sp³-hybridized carbons (Fsp3) is 0.350. The third-order valence-electron chi connectivity index (χ3n) is 5.34. The van der Waals surface area contributed by atoms with E-state index in [0.717, 1.165) is 0 Å². The van der Waals surface area contributed by atoms with Crippen molar-refractivity contribution in [2.75, 3.05) is 26.2 Å². The number of rotatable bonds is 3. The van der Waals surface area contributed by atoms with Crippen molar-refractivity contribution in [3.05, 3.63) is 56.5 Å². The molecule has 0 saturated carbocycles. The van der Waals surface area contributed by atoms with Gasteiger partial charge < -0.3 is 20.2 Å². The lowest BCUT2D eigenvalue weighted by molar-refractivity contribution is -0.239. The Labute approximate surface area is 194 Å². The topological polar surface area (TPSA) is 122 Å². The molecule has 3 N–H and O–H groups in total. The number of ether oxygens (including phenoxy) is 1. The Balaban J connectivity index is 1.83. The van der Waals surface area contributed by atoms with Crippen LogP contribution in [-0.4, -0.2) is 49.7 Å². The number of nitrogens with one attached hydrogen (secondary N) is 3. The average molecular weight is 525 g/mol. The number of nitriles is 2. The highest BCUT2D eigenvalue weighted by Crippen LogP contribution is 2.44. The minimum Gasteiger partial charge on any atom is -0.369 e. The van der Waals surface area contributed by atoms with Gasteiger partial charge >= 0.3 is 12.1 Å². The minimum absolute atomic E-state index is 0.0103. The predicted molar refractivity (Wildman–Crippen MR) is 109 cm³/mol. The van der Waals surface area contributed by atoms with Crippen LogP contribution < -0.4 is 16.1 Å². The van der Waals surface area contributed by atoms with Crippen molar-refractivity contribution in [1.82, 2.24) is 21.2 Å². The summed E-state index contributed by atoms with van der Waals surface area (Å²) >= 11 is 3.42. The zero-order valence-electron chi connectivity index (χ0n) is 16.8. The molecule has 1 saturated heterocycles. The Hall–Kier alpha value is -3.10. The second-order valence-electron chi connectivity index (χ2n) is 7.26. The molecule has 2 unspecified atom stereocenters. The first-order valence-electron chi connectivity index (χ1n) is 9.74. The van der Waals surface area contributed by atoms with Crippen LogP contribution in [-0.2, 0) is 14.4 Å². The molecule has 1 fully saturated rings. The zero-order chi connectivity index (χ0) is 23.8. The number of morpholine rings is 1. The highest BCUT2D eigenvalue weighted by molar-refractivity contribution is 9.10. The number of hydrogen-bond acceptors (Lipinski definition) is 9. The van der Waals surface area contributed by atoms with Crippen LogP contribution in [0.4, 0.5) is 13.2 Å². The second-order valence-corrected chi connectivity index (χ2v) is 8.05. The van der Waals surface area contributed by atoms with Crippen LogP contribution in [0.3, 0.4) is 0 Å². The molecule has 0 aliphatic carbocycles. The molecule has 13 heteroatoms. The Bertz CT molecular complexity index is 1130. The number of benzene rings is 1. The number of alkyl halides is 3. The predicted octanol–water partition coefficient (Wildman–Crippen LogP) is 1.83. The van der Waals surface area contributed by atoms with E-state index in [2.05, 4.69) is 49.0 Å². The van der Waals surface area contributed by atoms with Gasteiger partial charge in [0.05, 0.1) is 29.5 Å². The molecule has 0 radical (unpaired) electrons. The van der Waals surface area contributed by atoms with Gasteiger partial charge in [-0.2, -0.15) is 29.1 Å². The fourth-order valence-electron chi connectivity index (χ4n) is 3.89. The van der Waals surface area contributed by atoms with E-state index in [0.29, 0.717) is 51.7 Å². The molecule has 3 heterocycles. The van der Waals surface area contributed by atoms with Gasteiger partial charge in [-0.3, -0.25) is 0 Å². The summed E-state index contributed by atoms with van der Waals surface area (Å²) in [7, 11) is 0. The lowest BCUT2D eigenvalue weighted by atomic mass is 9.80. The molecule has 3 aliphatic rings. The van der Waals surface area contributed by atoms with Crippen LogP contribution in [0.2, 0.25) is 0 Å². The summed E-state index contributed by atoms with van der Waals surface area (Å²) in [4.78, 5) is 16.0. The van der Waals surface area contributed by atoms with Crippen molar-refractivity contribution >= 4 is 21.9 Å². The molecule has 33 heavy (non-hydrogen) atoms. The summed E-state index contributed by atoms with van der Waals surface area (Å²) < 4.78 is 44.6.